The quantitative estimate of drug-likeness (QED) is 0.862. The van der Waals surface area contributed by atoms with Gasteiger partial charge in [0.15, 0.2) is 0 Å². The lowest BCUT2D eigenvalue weighted by atomic mass is 9.92. The van der Waals surface area contributed by atoms with E-state index in [1.54, 1.807) is 11.8 Å². The van der Waals surface area contributed by atoms with E-state index in [1.807, 2.05) is 18.4 Å². The first-order valence-electron chi connectivity index (χ1n) is 5.14. The van der Waals surface area contributed by atoms with Crippen molar-refractivity contribution in [2.75, 3.05) is 6.26 Å². The molecule has 1 aromatic carbocycles. The SMILES string of the molecule is CSc1cccc(Br)c1C1(CC(=O)O)CC1. The lowest BCUT2D eigenvalue weighted by molar-refractivity contribution is -0.137. The zero-order chi connectivity index (χ0) is 11.8. The maximum Gasteiger partial charge on any atom is 0.304 e. The van der Waals surface area contributed by atoms with E-state index in [4.69, 9.17) is 5.11 Å². The minimum absolute atomic E-state index is 0.121. The van der Waals surface area contributed by atoms with Crippen molar-refractivity contribution in [3.05, 3.63) is 28.2 Å². The zero-order valence-electron chi connectivity index (χ0n) is 9.00. The third-order valence-electron chi connectivity index (χ3n) is 3.07. The van der Waals surface area contributed by atoms with Crippen LogP contribution in [0.5, 0.6) is 0 Å². The normalized spacial score (nSPS) is 17.1. The molecule has 1 fully saturated rings. The number of carboxylic acids is 1. The maximum absolute atomic E-state index is 10.9. The van der Waals surface area contributed by atoms with E-state index < -0.39 is 5.97 Å². The van der Waals surface area contributed by atoms with E-state index in [0.29, 0.717) is 0 Å². The molecule has 0 aliphatic heterocycles. The highest BCUT2D eigenvalue weighted by molar-refractivity contribution is 9.10. The smallest absolute Gasteiger partial charge is 0.304 e. The minimum atomic E-state index is -0.708. The van der Waals surface area contributed by atoms with E-state index in [2.05, 4.69) is 22.0 Å². The van der Waals surface area contributed by atoms with Crippen molar-refractivity contribution in [2.45, 2.75) is 29.6 Å². The van der Waals surface area contributed by atoms with Crippen LogP contribution in [0.1, 0.15) is 24.8 Å². The molecule has 1 aliphatic carbocycles. The van der Waals surface area contributed by atoms with Crippen LogP contribution in [0.2, 0.25) is 0 Å². The first kappa shape index (κ1) is 12.0. The average Bonchev–Trinajstić information content (AvgIpc) is 2.97. The number of halogens is 1. The fourth-order valence-electron chi connectivity index (χ4n) is 2.14. The number of aliphatic carboxylic acids is 1. The van der Waals surface area contributed by atoms with Crippen LogP contribution in [-0.2, 0) is 10.2 Å². The van der Waals surface area contributed by atoms with Gasteiger partial charge in [-0.1, -0.05) is 22.0 Å². The number of hydrogen-bond acceptors (Lipinski definition) is 2. The van der Waals surface area contributed by atoms with Crippen molar-refractivity contribution in [1.29, 1.82) is 0 Å². The summed E-state index contributed by atoms with van der Waals surface area (Å²) in [6.07, 6.45) is 4.23. The Bertz CT molecular complexity index is 427. The summed E-state index contributed by atoms with van der Waals surface area (Å²) in [6.45, 7) is 0. The van der Waals surface area contributed by atoms with Gasteiger partial charge in [0.2, 0.25) is 0 Å². The summed E-state index contributed by atoms with van der Waals surface area (Å²) in [5, 5.41) is 8.98. The highest BCUT2D eigenvalue weighted by Crippen LogP contribution is 2.55. The van der Waals surface area contributed by atoms with Gasteiger partial charge < -0.3 is 5.11 Å². The number of rotatable bonds is 4. The molecule has 0 radical (unpaired) electrons. The molecule has 1 aromatic rings. The van der Waals surface area contributed by atoms with Gasteiger partial charge in [0.25, 0.3) is 0 Å². The van der Waals surface area contributed by atoms with Crippen LogP contribution in [-0.4, -0.2) is 17.3 Å². The molecule has 0 amide bonds. The molecular weight excluding hydrogens is 288 g/mol. The molecule has 86 valence electrons. The van der Waals surface area contributed by atoms with Gasteiger partial charge in [0.1, 0.15) is 0 Å². The molecule has 0 spiro atoms. The Hall–Kier alpha value is -0.480. The predicted octanol–water partition coefficient (Wildman–Crippen LogP) is 3.68. The molecule has 2 rings (SSSR count). The summed E-state index contributed by atoms with van der Waals surface area (Å²) < 4.78 is 1.04. The summed E-state index contributed by atoms with van der Waals surface area (Å²) in [4.78, 5) is 12.1. The molecule has 2 nitrogen and oxygen atoms in total. The van der Waals surface area contributed by atoms with Crippen LogP contribution in [0.15, 0.2) is 27.6 Å². The van der Waals surface area contributed by atoms with Gasteiger partial charge in [-0.2, -0.15) is 0 Å². The van der Waals surface area contributed by atoms with Crippen molar-refractivity contribution in [3.63, 3.8) is 0 Å². The second-order valence-electron chi connectivity index (χ2n) is 4.17. The first-order valence-corrected chi connectivity index (χ1v) is 7.16. The molecule has 0 heterocycles. The molecule has 0 unspecified atom stereocenters. The lowest BCUT2D eigenvalue weighted by Gasteiger charge is -2.18. The summed E-state index contributed by atoms with van der Waals surface area (Å²) in [7, 11) is 0. The van der Waals surface area contributed by atoms with Crippen LogP contribution in [0, 0.1) is 0 Å². The average molecular weight is 301 g/mol. The second kappa shape index (κ2) is 4.41. The summed E-state index contributed by atoms with van der Waals surface area (Å²) in [5.41, 5.74) is 1.06. The van der Waals surface area contributed by atoms with Crippen molar-refractivity contribution >= 4 is 33.7 Å². The third-order valence-corrected chi connectivity index (χ3v) is 4.51. The number of carbonyl (C=O) groups is 1. The van der Waals surface area contributed by atoms with Gasteiger partial charge in [-0.3, -0.25) is 4.79 Å². The monoisotopic (exact) mass is 300 g/mol. The molecular formula is C12H13BrO2S. The summed E-state index contributed by atoms with van der Waals surface area (Å²) in [5.74, 6) is -0.708. The zero-order valence-corrected chi connectivity index (χ0v) is 11.4. The largest absolute Gasteiger partial charge is 0.481 e. The van der Waals surface area contributed by atoms with Gasteiger partial charge in [-0.25, -0.2) is 0 Å². The molecule has 1 N–H and O–H groups in total. The van der Waals surface area contributed by atoms with E-state index in [9.17, 15) is 4.79 Å². The van der Waals surface area contributed by atoms with E-state index in [-0.39, 0.29) is 11.8 Å². The molecule has 0 aromatic heterocycles. The van der Waals surface area contributed by atoms with Crippen molar-refractivity contribution < 1.29 is 9.90 Å². The van der Waals surface area contributed by atoms with E-state index >= 15 is 0 Å². The van der Waals surface area contributed by atoms with Crippen LogP contribution < -0.4 is 0 Å². The molecule has 1 aliphatic rings. The lowest BCUT2D eigenvalue weighted by Crippen LogP contribution is -2.14. The van der Waals surface area contributed by atoms with E-state index in [1.165, 1.54) is 10.5 Å². The van der Waals surface area contributed by atoms with Crippen LogP contribution in [0.4, 0.5) is 0 Å². The highest BCUT2D eigenvalue weighted by atomic mass is 79.9. The third kappa shape index (κ3) is 2.13. The van der Waals surface area contributed by atoms with Crippen LogP contribution in [0.25, 0.3) is 0 Å². The minimum Gasteiger partial charge on any atom is -0.481 e. The Balaban J connectivity index is 2.43. The van der Waals surface area contributed by atoms with Gasteiger partial charge in [-0.15, -0.1) is 11.8 Å². The standard InChI is InChI=1S/C12H13BrO2S/c1-16-9-4-2-3-8(13)11(9)12(5-6-12)7-10(14)15/h2-4H,5-7H2,1H3,(H,14,15). The molecule has 4 heteroatoms. The Morgan fingerprint density at radius 2 is 2.25 bits per heavy atom. The Labute approximate surface area is 108 Å². The topological polar surface area (TPSA) is 37.3 Å². The van der Waals surface area contributed by atoms with Gasteiger partial charge >= 0.3 is 5.97 Å². The molecule has 0 saturated heterocycles. The fourth-order valence-corrected chi connectivity index (χ4v) is 3.81. The molecule has 0 atom stereocenters. The first-order chi connectivity index (χ1) is 7.59. The van der Waals surface area contributed by atoms with Gasteiger partial charge in [-0.05, 0) is 36.8 Å². The van der Waals surface area contributed by atoms with Crippen molar-refractivity contribution in [2.24, 2.45) is 0 Å². The van der Waals surface area contributed by atoms with Crippen molar-refractivity contribution in [3.8, 4) is 0 Å². The van der Waals surface area contributed by atoms with Crippen molar-refractivity contribution in [1.82, 2.24) is 0 Å². The Kier molecular flexibility index (Phi) is 3.31. The van der Waals surface area contributed by atoms with E-state index in [0.717, 1.165) is 17.3 Å². The second-order valence-corrected chi connectivity index (χ2v) is 5.87. The summed E-state index contributed by atoms with van der Waals surface area (Å²) in [6, 6.07) is 6.06. The maximum atomic E-state index is 10.9. The number of hydrogen-bond donors (Lipinski definition) is 1. The van der Waals surface area contributed by atoms with Crippen LogP contribution >= 0.6 is 27.7 Å². The molecule has 0 bridgehead atoms. The Morgan fingerprint density at radius 1 is 1.56 bits per heavy atom. The van der Waals surface area contributed by atoms with Crippen LogP contribution in [0.3, 0.4) is 0 Å². The Morgan fingerprint density at radius 3 is 2.75 bits per heavy atom. The number of thioether (sulfide) groups is 1. The van der Waals surface area contributed by atoms with Gasteiger partial charge in [0.05, 0.1) is 6.42 Å². The molecule has 1 saturated carbocycles. The highest BCUT2D eigenvalue weighted by Gasteiger charge is 2.48. The summed E-state index contributed by atoms with van der Waals surface area (Å²) >= 11 is 5.23. The number of benzene rings is 1. The fraction of sp³-hybridized carbons (Fsp3) is 0.417. The number of carboxylic acid groups (broad SMARTS) is 1. The van der Waals surface area contributed by atoms with Gasteiger partial charge in [0, 0.05) is 14.8 Å². The predicted molar refractivity (Wildman–Crippen MR) is 69.1 cm³/mol. The molecule has 16 heavy (non-hydrogen) atoms.